The minimum Gasteiger partial charge on any atom is -0.466 e. The number of amides is 2. The molecule has 1 N–H and O–H groups in total. The van der Waals surface area contributed by atoms with Crippen LogP contribution in [0.4, 0.5) is 4.79 Å². The molecular formula is C21H30N2O3. The number of piperidine rings is 1. The molecular weight excluding hydrogens is 328 g/mol. The van der Waals surface area contributed by atoms with Crippen LogP contribution in [0.1, 0.15) is 51.7 Å². The van der Waals surface area contributed by atoms with Gasteiger partial charge in [-0.15, -0.1) is 0 Å². The van der Waals surface area contributed by atoms with Crippen LogP contribution in [-0.4, -0.2) is 36.6 Å². The Hall–Kier alpha value is -2.30. The standard InChI is InChI=1S/C21H30N2O3/c1-6-26-19(24)16-10-12-23(13-11-16)20(25)22-21(4,5)18-9-7-8-17(14-18)15(2)3/h7-9,14,16H,2,6,10-13H2,1,3-5H3,(H,22,25). The van der Waals surface area contributed by atoms with Gasteiger partial charge in [0.05, 0.1) is 18.1 Å². The molecule has 1 fully saturated rings. The summed E-state index contributed by atoms with van der Waals surface area (Å²) in [5, 5.41) is 3.12. The smallest absolute Gasteiger partial charge is 0.318 e. The van der Waals surface area contributed by atoms with E-state index in [-0.39, 0.29) is 17.9 Å². The molecule has 1 heterocycles. The molecule has 142 valence electrons. The van der Waals surface area contributed by atoms with E-state index >= 15 is 0 Å². The Morgan fingerprint density at radius 3 is 2.54 bits per heavy atom. The second-order valence-corrected chi connectivity index (χ2v) is 7.43. The van der Waals surface area contributed by atoms with Crippen molar-refractivity contribution < 1.29 is 14.3 Å². The number of nitrogens with one attached hydrogen (secondary N) is 1. The first-order valence-electron chi connectivity index (χ1n) is 9.24. The summed E-state index contributed by atoms with van der Waals surface area (Å²) in [6.07, 6.45) is 1.30. The van der Waals surface area contributed by atoms with Gasteiger partial charge in [-0.25, -0.2) is 4.79 Å². The molecule has 0 aliphatic carbocycles. The van der Waals surface area contributed by atoms with Crippen LogP contribution in [0, 0.1) is 5.92 Å². The van der Waals surface area contributed by atoms with Gasteiger partial charge >= 0.3 is 12.0 Å². The van der Waals surface area contributed by atoms with Crippen molar-refractivity contribution in [1.29, 1.82) is 0 Å². The van der Waals surface area contributed by atoms with Gasteiger partial charge in [0.15, 0.2) is 0 Å². The fraction of sp³-hybridized carbons (Fsp3) is 0.524. The van der Waals surface area contributed by atoms with Gasteiger partial charge in [0, 0.05) is 13.1 Å². The van der Waals surface area contributed by atoms with Crippen molar-refractivity contribution >= 4 is 17.6 Å². The number of benzene rings is 1. The van der Waals surface area contributed by atoms with Crippen molar-refractivity contribution in [2.24, 2.45) is 5.92 Å². The number of ether oxygens (including phenoxy) is 1. The first-order chi connectivity index (χ1) is 12.2. The number of rotatable bonds is 5. The van der Waals surface area contributed by atoms with Gasteiger partial charge in [-0.3, -0.25) is 4.79 Å². The number of carbonyl (C=O) groups excluding carboxylic acids is 2. The summed E-state index contributed by atoms with van der Waals surface area (Å²) in [7, 11) is 0. The third-order valence-corrected chi connectivity index (χ3v) is 4.90. The largest absolute Gasteiger partial charge is 0.466 e. The van der Waals surface area contributed by atoms with Crippen LogP contribution < -0.4 is 5.32 Å². The summed E-state index contributed by atoms with van der Waals surface area (Å²) in [5.74, 6) is -0.247. The Morgan fingerprint density at radius 2 is 1.96 bits per heavy atom. The van der Waals surface area contributed by atoms with E-state index in [4.69, 9.17) is 4.74 Å². The minimum absolute atomic E-state index is 0.0979. The zero-order valence-electron chi connectivity index (χ0n) is 16.3. The van der Waals surface area contributed by atoms with E-state index in [1.165, 1.54) is 0 Å². The Morgan fingerprint density at radius 1 is 1.31 bits per heavy atom. The topological polar surface area (TPSA) is 58.6 Å². The fourth-order valence-corrected chi connectivity index (χ4v) is 3.17. The Balaban J connectivity index is 1.98. The van der Waals surface area contributed by atoms with Crippen LogP contribution in [0.25, 0.3) is 5.57 Å². The van der Waals surface area contributed by atoms with E-state index in [9.17, 15) is 9.59 Å². The van der Waals surface area contributed by atoms with E-state index in [1.807, 2.05) is 45.9 Å². The van der Waals surface area contributed by atoms with Crippen molar-refractivity contribution in [1.82, 2.24) is 10.2 Å². The maximum Gasteiger partial charge on any atom is 0.318 e. The van der Waals surface area contributed by atoms with Crippen LogP contribution in [0.2, 0.25) is 0 Å². The molecule has 1 aromatic rings. The SMILES string of the molecule is C=C(C)c1cccc(C(C)(C)NC(=O)N2CCC(C(=O)OCC)CC2)c1. The predicted molar refractivity (Wildman–Crippen MR) is 104 cm³/mol. The average molecular weight is 358 g/mol. The molecule has 0 bridgehead atoms. The highest BCUT2D eigenvalue weighted by Gasteiger charge is 2.31. The van der Waals surface area contributed by atoms with Crippen molar-refractivity contribution in [3.8, 4) is 0 Å². The van der Waals surface area contributed by atoms with Crippen LogP contribution in [0.3, 0.4) is 0 Å². The molecule has 0 atom stereocenters. The molecule has 0 aromatic heterocycles. The zero-order valence-corrected chi connectivity index (χ0v) is 16.3. The second-order valence-electron chi connectivity index (χ2n) is 7.43. The van der Waals surface area contributed by atoms with Gasteiger partial charge in [-0.1, -0.05) is 30.4 Å². The van der Waals surface area contributed by atoms with E-state index < -0.39 is 5.54 Å². The minimum atomic E-state index is -0.499. The molecule has 1 saturated heterocycles. The van der Waals surface area contributed by atoms with Crippen molar-refractivity contribution in [3.05, 3.63) is 42.0 Å². The fourth-order valence-electron chi connectivity index (χ4n) is 3.17. The van der Waals surface area contributed by atoms with E-state index in [0.29, 0.717) is 32.5 Å². The third kappa shape index (κ3) is 4.87. The number of carbonyl (C=O) groups is 2. The highest BCUT2D eigenvalue weighted by molar-refractivity contribution is 5.77. The van der Waals surface area contributed by atoms with Crippen LogP contribution >= 0.6 is 0 Å². The first-order valence-corrected chi connectivity index (χ1v) is 9.24. The zero-order chi connectivity index (χ0) is 19.3. The lowest BCUT2D eigenvalue weighted by molar-refractivity contribution is -0.149. The summed E-state index contributed by atoms with van der Waals surface area (Å²) in [4.78, 5) is 26.3. The van der Waals surface area contributed by atoms with Gasteiger partial charge < -0.3 is 15.0 Å². The monoisotopic (exact) mass is 358 g/mol. The van der Waals surface area contributed by atoms with Crippen LogP contribution in [0.5, 0.6) is 0 Å². The number of urea groups is 1. The maximum absolute atomic E-state index is 12.7. The predicted octanol–water partition coefficient (Wildman–Crippen LogP) is 3.94. The lowest BCUT2D eigenvalue weighted by Gasteiger charge is -2.35. The number of esters is 1. The summed E-state index contributed by atoms with van der Waals surface area (Å²) >= 11 is 0. The first kappa shape index (κ1) is 20.0. The number of hydrogen-bond donors (Lipinski definition) is 1. The number of nitrogens with zero attached hydrogens (tertiary/aromatic N) is 1. The highest BCUT2D eigenvalue weighted by atomic mass is 16.5. The summed E-state index contributed by atoms with van der Waals surface area (Å²) in [6.45, 7) is 13.3. The molecule has 0 spiro atoms. The number of allylic oxidation sites excluding steroid dienone is 1. The number of likely N-dealkylation sites (tertiary alicyclic amines) is 1. The van der Waals surface area contributed by atoms with Gasteiger partial charge in [-0.2, -0.15) is 0 Å². The molecule has 1 aromatic carbocycles. The Labute approximate surface area is 156 Å². The van der Waals surface area contributed by atoms with E-state index in [1.54, 1.807) is 4.90 Å². The number of hydrogen-bond acceptors (Lipinski definition) is 3. The molecule has 1 aliphatic heterocycles. The van der Waals surface area contributed by atoms with Gasteiger partial charge in [0.2, 0.25) is 0 Å². The summed E-state index contributed by atoms with van der Waals surface area (Å²) in [5.41, 5.74) is 2.60. The van der Waals surface area contributed by atoms with Gasteiger partial charge in [0.25, 0.3) is 0 Å². The van der Waals surface area contributed by atoms with E-state index in [2.05, 4.69) is 18.0 Å². The third-order valence-electron chi connectivity index (χ3n) is 4.90. The molecule has 5 heteroatoms. The normalized spacial score (nSPS) is 15.5. The lowest BCUT2D eigenvalue weighted by Crippen LogP contribution is -2.51. The molecule has 0 radical (unpaired) electrons. The van der Waals surface area contributed by atoms with Crippen LogP contribution in [-0.2, 0) is 15.1 Å². The molecule has 0 saturated carbocycles. The van der Waals surface area contributed by atoms with Gasteiger partial charge in [-0.05, 0) is 57.7 Å². The van der Waals surface area contributed by atoms with Crippen molar-refractivity contribution in [2.75, 3.05) is 19.7 Å². The van der Waals surface area contributed by atoms with Crippen molar-refractivity contribution in [2.45, 2.75) is 46.1 Å². The molecule has 26 heavy (non-hydrogen) atoms. The van der Waals surface area contributed by atoms with Crippen molar-refractivity contribution in [3.63, 3.8) is 0 Å². The quantitative estimate of drug-likeness (QED) is 0.811. The van der Waals surface area contributed by atoms with E-state index in [0.717, 1.165) is 16.7 Å². The molecule has 2 rings (SSSR count). The summed E-state index contributed by atoms with van der Waals surface area (Å²) in [6, 6.07) is 7.98. The maximum atomic E-state index is 12.7. The highest BCUT2D eigenvalue weighted by Crippen LogP contribution is 2.25. The lowest BCUT2D eigenvalue weighted by atomic mass is 9.91. The second kappa shape index (κ2) is 8.39. The molecule has 5 nitrogen and oxygen atoms in total. The summed E-state index contributed by atoms with van der Waals surface area (Å²) < 4.78 is 5.08. The van der Waals surface area contributed by atoms with Crippen LogP contribution in [0.15, 0.2) is 30.8 Å². The average Bonchev–Trinajstić information content (AvgIpc) is 2.61. The molecule has 0 unspecified atom stereocenters. The molecule has 1 aliphatic rings. The molecule has 2 amide bonds. The Kier molecular flexibility index (Phi) is 6.46. The van der Waals surface area contributed by atoms with Gasteiger partial charge in [0.1, 0.15) is 0 Å². The Bertz CT molecular complexity index is 674.